The maximum atomic E-state index is 12.9. The van der Waals surface area contributed by atoms with Gasteiger partial charge < -0.3 is 27.9 Å². The van der Waals surface area contributed by atoms with E-state index in [1.165, 1.54) is 250 Å². The van der Waals surface area contributed by atoms with Crippen LogP contribution in [0, 0.1) is 0 Å². The number of carbonyl (C=O) groups is 2. The summed E-state index contributed by atoms with van der Waals surface area (Å²) in [5.41, 5.74) is 0. The van der Waals surface area contributed by atoms with Crippen LogP contribution in [0.4, 0.5) is 0 Å². The molecule has 0 aromatic carbocycles. The second-order valence-corrected chi connectivity index (χ2v) is 29.5. The van der Waals surface area contributed by atoms with Crippen molar-refractivity contribution < 1.29 is 42.1 Å². The number of rotatable bonds is 74. The fourth-order valence-corrected chi connectivity index (χ4v) is 12.2. The van der Waals surface area contributed by atoms with E-state index in [1.54, 1.807) is 0 Å². The van der Waals surface area contributed by atoms with Crippen LogP contribution in [0.25, 0.3) is 0 Å². The Morgan fingerprint density at radius 3 is 0.915 bits per heavy atom. The number of quaternary nitrogens is 1. The lowest BCUT2D eigenvalue weighted by atomic mass is 10.0. The van der Waals surface area contributed by atoms with Crippen LogP contribution in [-0.2, 0) is 32.7 Å². The van der Waals surface area contributed by atoms with Crippen molar-refractivity contribution in [3.05, 3.63) is 97.2 Å². The smallest absolute Gasteiger partial charge is 0.306 e. The number of allylic oxidation sites excluding steroid dienone is 16. The van der Waals surface area contributed by atoms with E-state index in [9.17, 15) is 19.0 Å². The quantitative estimate of drug-likeness (QED) is 0.0195. The number of unbranched alkanes of at least 4 members (excludes halogenated alkanes) is 44. The molecule has 2 atom stereocenters. The van der Waals surface area contributed by atoms with E-state index in [0.717, 1.165) is 89.9 Å². The highest BCUT2D eigenvalue weighted by Crippen LogP contribution is 2.38. The highest BCUT2D eigenvalue weighted by molar-refractivity contribution is 7.45. The van der Waals surface area contributed by atoms with Crippen molar-refractivity contribution in [3.8, 4) is 0 Å². The summed E-state index contributed by atoms with van der Waals surface area (Å²) in [6.07, 6.45) is 104. The Bertz CT molecular complexity index is 1910. The molecular formula is C84H152NO8P. The van der Waals surface area contributed by atoms with Crippen molar-refractivity contribution in [2.75, 3.05) is 47.5 Å². The zero-order valence-electron chi connectivity index (χ0n) is 62.4. The molecule has 0 saturated carbocycles. The van der Waals surface area contributed by atoms with Crippen LogP contribution in [0.15, 0.2) is 97.2 Å². The van der Waals surface area contributed by atoms with Crippen LogP contribution in [0.3, 0.4) is 0 Å². The Balaban J connectivity index is 3.94. The minimum Gasteiger partial charge on any atom is -0.756 e. The summed E-state index contributed by atoms with van der Waals surface area (Å²) in [7, 11) is 1.16. The summed E-state index contributed by atoms with van der Waals surface area (Å²) in [5.74, 6) is -0.836. The molecule has 0 bridgehead atoms. The highest BCUT2D eigenvalue weighted by Gasteiger charge is 2.22. The van der Waals surface area contributed by atoms with Crippen molar-refractivity contribution in [2.45, 2.75) is 380 Å². The second kappa shape index (κ2) is 74.2. The summed E-state index contributed by atoms with van der Waals surface area (Å²) < 4.78 is 34.4. The molecule has 0 amide bonds. The van der Waals surface area contributed by atoms with Gasteiger partial charge in [-0.2, -0.15) is 0 Å². The molecule has 0 aliphatic rings. The predicted molar refractivity (Wildman–Crippen MR) is 406 cm³/mol. The molecule has 0 aromatic heterocycles. The summed E-state index contributed by atoms with van der Waals surface area (Å²) in [6, 6.07) is 0. The number of esters is 2. The summed E-state index contributed by atoms with van der Waals surface area (Å²) in [5, 5.41) is 0. The monoisotopic (exact) mass is 1330 g/mol. The average Bonchev–Trinajstić information content (AvgIpc) is 1.65. The molecule has 546 valence electrons. The van der Waals surface area contributed by atoms with E-state index >= 15 is 0 Å². The van der Waals surface area contributed by atoms with Gasteiger partial charge in [-0.25, -0.2) is 0 Å². The molecule has 9 nitrogen and oxygen atoms in total. The fourth-order valence-electron chi connectivity index (χ4n) is 11.5. The van der Waals surface area contributed by atoms with Gasteiger partial charge in [0.05, 0.1) is 27.7 Å². The maximum absolute atomic E-state index is 12.9. The van der Waals surface area contributed by atoms with Crippen molar-refractivity contribution >= 4 is 19.8 Å². The largest absolute Gasteiger partial charge is 0.756 e. The normalized spacial score (nSPS) is 13.6. The van der Waals surface area contributed by atoms with Gasteiger partial charge in [0.25, 0.3) is 7.82 Å². The van der Waals surface area contributed by atoms with Crippen LogP contribution in [-0.4, -0.2) is 70.0 Å². The third-order valence-corrected chi connectivity index (χ3v) is 18.6. The highest BCUT2D eigenvalue weighted by atomic mass is 31.2. The maximum Gasteiger partial charge on any atom is 0.306 e. The molecule has 2 unspecified atom stereocenters. The molecule has 0 spiro atoms. The van der Waals surface area contributed by atoms with Gasteiger partial charge >= 0.3 is 11.9 Å². The molecule has 0 rings (SSSR count). The van der Waals surface area contributed by atoms with Gasteiger partial charge in [0, 0.05) is 12.8 Å². The zero-order valence-corrected chi connectivity index (χ0v) is 63.3. The van der Waals surface area contributed by atoms with Gasteiger partial charge in [-0.05, 0) is 96.3 Å². The van der Waals surface area contributed by atoms with Crippen LogP contribution in [0.2, 0.25) is 0 Å². The molecule has 0 radical (unpaired) electrons. The number of phosphoric ester groups is 1. The molecule has 0 aliphatic carbocycles. The summed E-state index contributed by atoms with van der Waals surface area (Å²) in [6.45, 7) is 4.15. The Labute approximate surface area is 583 Å². The molecule has 0 N–H and O–H groups in total. The van der Waals surface area contributed by atoms with Crippen LogP contribution >= 0.6 is 7.82 Å². The SMILES string of the molecule is CC/C=C\C/C=C\C/C=C\C/C=C\C/C=C\C/C=C\C/C=C\CCCCCCCCCC(=O)OC(COC(=O)CCCCCCCCCCCCCCCCCCCCCCCCCCCCCCC/C=C\CCCCCCCCCC)COP(=O)([O-])OCC[N+](C)(C)C. The van der Waals surface area contributed by atoms with Crippen molar-refractivity contribution in [1.82, 2.24) is 0 Å². The first-order valence-corrected chi connectivity index (χ1v) is 41.4. The topological polar surface area (TPSA) is 111 Å². The number of nitrogens with zero attached hydrogens (tertiary/aromatic N) is 1. The number of hydrogen-bond acceptors (Lipinski definition) is 8. The Morgan fingerprint density at radius 1 is 0.340 bits per heavy atom. The summed E-state index contributed by atoms with van der Waals surface area (Å²) in [4.78, 5) is 38.2. The van der Waals surface area contributed by atoms with Crippen molar-refractivity contribution in [2.24, 2.45) is 0 Å². The number of likely N-dealkylation sites (N-methyl/N-ethyl adjacent to an activating group) is 1. The Hall–Kier alpha value is -3.07. The van der Waals surface area contributed by atoms with Crippen LogP contribution in [0.5, 0.6) is 0 Å². The van der Waals surface area contributed by atoms with Crippen molar-refractivity contribution in [1.29, 1.82) is 0 Å². The number of hydrogen-bond donors (Lipinski definition) is 0. The Morgan fingerprint density at radius 2 is 0.606 bits per heavy atom. The lowest BCUT2D eigenvalue weighted by Crippen LogP contribution is -2.37. The van der Waals surface area contributed by atoms with Gasteiger partial charge in [-0.15, -0.1) is 0 Å². The van der Waals surface area contributed by atoms with Crippen LogP contribution in [0.1, 0.15) is 373 Å². The first-order valence-electron chi connectivity index (χ1n) is 39.9. The van der Waals surface area contributed by atoms with Gasteiger partial charge in [-0.1, -0.05) is 361 Å². The van der Waals surface area contributed by atoms with E-state index in [4.69, 9.17) is 18.5 Å². The predicted octanol–water partition coefficient (Wildman–Crippen LogP) is 26.0. The average molecular weight is 1340 g/mol. The van der Waals surface area contributed by atoms with E-state index in [1.807, 2.05) is 21.1 Å². The number of ether oxygens (including phenoxy) is 2. The fraction of sp³-hybridized carbons (Fsp3) is 0.786. The molecule has 0 saturated heterocycles. The molecule has 10 heteroatoms. The summed E-state index contributed by atoms with van der Waals surface area (Å²) >= 11 is 0. The first-order chi connectivity index (χ1) is 46.0. The molecule has 94 heavy (non-hydrogen) atoms. The molecule has 0 fully saturated rings. The van der Waals surface area contributed by atoms with Gasteiger partial charge in [0.15, 0.2) is 6.10 Å². The third kappa shape index (κ3) is 77.9. The van der Waals surface area contributed by atoms with Crippen LogP contribution < -0.4 is 4.89 Å². The molecular weight excluding hydrogens is 1180 g/mol. The van der Waals surface area contributed by atoms with E-state index in [-0.39, 0.29) is 32.0 Å². The van der Waals surface area contributed by atoms with Crippen molar-refractivity contribution in [3.63, 3.8) is 0 Å². The van der Waals surface area contributed by atoms with E-state index < -0.39 is 26.5 Å². The number of carbonyl (C=O) groups excluding carboxylic acids is 2. The third-order valence-electron chi connectivity index (χ3n) is 17.6. The lowest BCUT2D eigenvalue weighted by Gasteiger charge is -2.28. The molecule has 0 heterocycles. The van der Waals surface area contributed by atoms with Gasteiger partial charge in [0.2, 0.25) is 0 Å². The molecule has 0 aliphatic heterocycles. The van der Waals surface area contributed by atoms with Gasteiger partial charge in [0.1, 0.15) is 19.8 Å². The first kappa shape index (κ1) is 90.9. The number of phosphoric acid groups is 1. The minimum absolute atomic E-state index is 0.0360. The standard InChI is InChI=1S/C84H152NO8P/c1-6-8-10-12-14-16-18-20-22-24-26-28-30-32-34-36-37-38-39-40-41-42-43-44-45-46-47-49-50-52-54-56-58-60-62-64-66-68-70-72-74-76-83(86)90-80-82(81-92-94(88,89)91-79-78-85(3,4)5)93-84(87)77-75-73-71-69-67-65-63-61-59-57-55-53-51-48-35-33-31-29-27-25-23-21-19-17-15-13-11-9-7-2/h9,11,15,17,21,23-24,26-27,29,33,35,51,53,57,59,82H,6-8,10,12-14,16,18-20,22,25,28,30-32,34,36-50,52,54-56,58,60-81H2,1-5H3/b11-9-,17-15-,23-21-,26-24-,29-27-,35-33-,53-51-,59-57-. The Kier molecular flexibility index (Phi) is 71.7. The second-order valence-electron chi connectivity index (χ2n) is 28.0. The van der Waals surface area contributed by atoms with Gasteiger partial charge in [-0.3, -0.25) is 14.2 Å². The van der Waals surface area contributed by atoms with E-state index in [2.05, 4.69) is 111 Å². The minimum atomic E-state index is -4.65. The lowest BCUT2D eigenvalue weighted by molar-refractivity contribution is -0.870. The molecule has 0 aromatic rings. The zero-order chi connectivity index (χ0) is 68.3. The van der Waals surface area contributed by atoms with E-state index in [0.29, 0.717) is 17.4 Å².